The second-order valence-corrected chi connectivity index (χ2v) is 8.17. The number of fused-ring (bicyclic) bond motifs is 1. The van der Waals surface area contributed by atoms with E-state index in [-0.39, 0.29) is 11.8 Å². The zero-order valence-corrected chi connectivity index (χ0v) is 15.7. The third-order valence-corrected chi connectivity index (χ3v) is 6.42. The molecule has 1 aromatic rings. The number of aryl methyl sites for hydroxylation is 2. The van der Waals surface area contributed by atoms with Crippen molar-refractivity contribution < 1.29 is 9.59 Å². The standard InChI is InChI=1S/C22H30N2O2/c25-21(16-17-9-10-18-7-4-8-20(18)15-17)23-11-13-24(14-12-23)22(26)19-5-2-1-3-6-19/h9-10,15,19H,1-8,11-14,16H2. The number of piperazine rings is 1. The Bertz CT molecular complexity index is 671. The fraction of sp³-hybridized carbons (Fsp3) is 0.636. The molecule has 0 N–H and O–H groups in total. The van der Waals surface area contributed by atoms with Gasteiger partial charge in [0.1, 0.15) is 0 Å². The van der Waals surface area contributed by atoms with Crippen LogP contribution in [0.5, 0.6) is 0 Å². The fourth-order valence-electron chi connectivity index (χ4n) is 4.81. The van der Waals surface area contributed by atoms with Gasteiger partial charge in [0.2, 0.25) is 11.8 Å². The molecule has 2 amide bonds. The van der Waals surface area contributed by atoms with Gasteiger partial charge in [-0.2, -0.15) is 0 Å². The fourth-order valence-corrected chi connectivity index (χ4v) is 4.81. The lowest BCUT2D eigenvalue weighted by molar-refractivity contribution is -0.142. The van der Waals surface area contributed by atoms with Gasteiger partial charge in [-0.15, -0.1) is 0 Å². The summed E-state index contributed by atoms with van der Waals surface area (Å²) in [4.78, 5) is 29.3. The quantitative estimate of drug-likeness (QED) is 0.837. The van der Waals surface area contributed by atoms with E-state index in [2.05, 4.69) is 18.2 Å². The van der Waals surface area contributed by atoms with E-state index in [0.29, 0.717) is 38.5 Å². The SMILES string of the molecule is O=C(Cc1ccc2c(c1)CCC2)N1CCN(C(=O)C2CCCCC2)CC1. The smallest absolute Gasteiger partial charge is 0.227 e. The van der Waals surface area contributed by atoms with Crippen LogP contribution in [0.25, 0.3) is 0 Å². The van der Waals surface area contributed by atoms with Crippen molar-refractivity contribution >= 4 is 11.8 Å². The van der Waals surface area contributed by atoms with Gasteiger partial charge in [0.05, 0.1) is 6.42 Å². The first-order valence-corrected chi connectivity index (χ1v) is 10.4. The molecule has 4 nitrogen and oxygen atoms in total. The minimum Gasteiger partial charge on any atom is -0.339 e. The first kappa shape index (κ1) is 17.6. The summed E-state index contributed by atoms with van der Waals surface area (Å²) in [5.41, 5.74) is 4.02. The summed E-state index contributed by atoms with van der Waals surface area (Å²) in [6, 6.07) is 6.54. The number of amides is 2. The minimum absolute atomic E-state index is 0.202. The molecular formula is C22H30N2O2. The number of carbonyl (C=O) groups is 2. The van der Waals surface area contributed by atoms with Crippen LogP contribution in [0, 0.1) is 5.92 Å². The Balaban J connectivity index is 1.28. The topological polar surface area (TPSA) is 40.6 Å². The molecule has 0 spiro atoms. The molecule has 140 valence electrons. The molecule has 1 heterocycles. The van der Waals surface area contributed by atoms with Crippen LogP contribution >= 0.6 is 0 Å². The van der Waals surface area contributed by atoms with Crippen LogP contribution in [-0.4, -0.2) is 47.8 Å². The molecule has 4 rings (SSSR count). The van der Waals surface area contributed by atoms with E-state index >= 15 is 0 Å². The van der Waals surface area contributed by atoms with Gasteiger partial charge in [-0.05, 0) is 48.8 Å². The van der Waals surface area contributed by atoms with Gasteiger partial charge < -0.3 is 9.80 Å². The lowest BCUT2D eigenvalue weighted by Gasteiger charge is -2.37. The third kappa shape index (κ3) is 3.79. The molecule has 1 saturated carbocycles. The maximum Gasteiger partial charge on any atom is 0.227 e. The Morgan fingerprint density at radius 1 is 0.846 bits per heavy atom. The van der Waals surface area contributed by atoms with E-state index in [9.17, 15) is 9.59 Å². The molecule has 1 aliphatic heterocycles. The average molecular weight is 354 g/mol. The van der Waals surface area contributed by atoms with E-state index in [1.807, 2.05) is 9.80 Å². The zero-order valence-electron chi connectivity index (χ0n) is 15.7. The van der Waals surface area contributed by atoms with Gasteiger partial charge in [0.15, 0.2) is 0 Å². The van der Waals surface area contributed by atoms with E-state index in [4.69, 9.17) is 0 Å². The van der Waals surface area contributed by atoms with Crippen LogP contribution in [0.4, 0.5) is 0 Å². The Labute approximate surface area is 156 Å². The summed E-state index contributed by atoms with van der Waals surface area (Å²) in [6.07, 6.45) is 9.82. The van der Waals surface area contributed by atoms with Gasteiger partial charge in [0.25, 0.3) is 0 Å². The highest BCUT2D eigenvalue weighted by atomic mass is 16.2. The molecular weight excluding hydrogens is 324 g/mol. The molecule has 0 aromatic heterocycles. The molecule has 2 fully saturated rings. The molecule has 4 heteroatoms. The van der Waals surface area contributed by atoms with Crippen LogP contribution in [0.1, 0.15) is 55.2 Å². The molecule has 0 bridgehead atoms. The number of benzene rings is 1. The molecule has 0 radical (unpaired) electrons. The number of carbonyl (C=O) groups excluding carboxylic acids is 2. The van der Waals surface area contributed by atoms with E-state index in [1.54, 1.807) is 0 Å². The van der Waals surface area contributed by atoms with Crippen molar-refractivity contribution in [3.8, 4) is 0 Å². The van der Waals surface area contributed by atoms with E-state index in [0.717, 1.165) is 24.8 Å². The predicted molar refractivity (Wildman–Crippen MR) is 102 cm³/mol. The van der Waals surface area contributed by atoms with Crippen molar-refractivity contribution in [2.75, 3.05) is 26.2 Å². The van der Waals surface area contributed by atoms with Crippen LogP contribution in [0.15, 0.2) is 18.2 Å². The van der Waals surface area contributed by atoms with E-state index in [1.165, 1.54) is 43.2 Å². The van der Waals surface area contributed by atoms with Crippen molar-refractivity contribution in [3.05, 3.63) is 34.9 Å². The normalized spacial score (nSPS) is 20.9. The maximum absolute atomic E-state index is 12.7. The second-order valence-electron chi connectivity index (χ2n) is 8.17. The Hall–Kier alpha value is -1.84. The molecule has 3 aliphatic rings. The van der Waals surface area contributed by atoms with Gasteiger partial charge in [-0.25, -0.2) is 0 Å². The van der Waals surface area contributed by atoms with Gasteiger partial charge in [-0.1, -0.05) is 37.5 Å². The van der Waals surface area contributed by atoms with Crippen molar-refractivity contribution in [2.24, 2.45) is 5.92 Å². The van der Waals surface area contributed by atoms with Gasteiger partial charge >= 0.3 is 0 Å². The summed E-state index contributed by atoms with van der Waals surface area (Å²) >= 11 is 0. The first-order valence-electron chi connectivity index (χ1n) is 10.4. The lowest BCUT2D eigenvalue weighted by Crippen LogP contribution is -2.52. The minimum atomic E-state index is 0.202. The van der Waals surface area contributed by atoms with Crippen LogP contribution in [0.2, 0.25) is 0 Å². The monoisotopic (exact) mass is 354 g/mol. The molecule has 2 aliphatic carbocycles. The summed E-state index contributed by atoms with van der Waals surface area (Å²) < 4.78 is 0. The highest BCUT2D eigenvalue weighted by molar-refractivity contribution is 5.81. The van der Waals surface area contributed by atoms with Crippen LogP contribution < -0.4 is 0 Å². The summed E-state index contributed by atoms with van der Waals surface area (Å²) in [5.74, 6) is 0.764. The summed E-state index contributed by atoms with van der Waals surface area (Å²) in [6.45, 7) is 2.76. The lowest BCUT2D eigenvalue weighted by atomic mass is 9.88. The molecule has 1 aromatic carbocycles. The van der Waals surface area contributed by atoms with Gasteiger partial charge in [-0.3, -0.25) is 9.59 Å². The van der Waals surface area contributed by atoms with Crippen molar-refractivity contribution in [2.45, 2.75) is 57.8 Å². The highest BCUT2D eigenvalue weighted by Crippen LogP contribution is 2.26. The predicted octanol–water partition coefficient (Wildman–Crippen LogP) is 2.97. The number of hydrogen-bond donors (Lipinski definition) is 0. The largest absolute Gasteiger partial charge is 0.339 e. The summed E-state index contributed by atoms with van der Waals surface area (Å²) in [7, 11) is 0. The number of rotatable bonds is 3. The molecule has 0 unspecified atom stereocenters. The first-order chi connectivity index (χ1) is 12.7. The van der Waals surface area contributed by atoms with Crippen LogP contribution in [0.3, 0.4) is 0 Å². The van der Waals surface area contributed by atoms with Crippen molar-refractivity contribution in [1.29, 1.82) is 0 Å². The van der Waals surface area contributed by atoms with Crippen LogP contribution in [-0.2, 0) is 28.9 Å². The van der Waals surface area contributed by atoms with Crippen molar-refractivity contribution in [3.63, 3.8) is 0 Å². The third-order valence-electron chi connectivity index (χ3n) is 6.42. The second kappa shape index (κ2) is 7.81. The zero-order chi connectivity index (χ0) is 17.9. The molecule has 1 saturated heterocycles. The Kier molecular flexibility index (Phi) is 5.28. The highest BCUT2D eigenvalue weighted by Gasteiger charge is 2.29. The average Bonchev–Trinajstić information content (AvgIpc) is 3.16. The molecule has 0 atom stereocenters. The molecule has 26 heavy (non-hydrogen) atoms. The summed E-state index contributed by atoms with van der Waals surface area (Å²) in [5, 5.41) is 0. The Morgan fingerprint density at radius 3 is 2.31 bits per heavy atom. The van der Waals surface area contributed by atoms with Gasteiger partial charge in [0, 0.05) is 32.1 Å². The van der Waals surface area contributed by atoms with E-state index < -0.39 is 0 Å². The van der Waals surface area contributed by atoms with Crippen molar-refractivity contribution in [1.82, 2.24) is 9.80 Å². The number of nitrogens with zero attached hydrogens (tertiary/aromatic N) is 2. The Morgan fingerprint density at radius 2 is 1.54 bits per heavy atom. The maximum atomic E-state index is 12.7. The number of hydrogen-bond acceptors (Lipinski definition) is 2.